The number of hydrogen-bond acceptors (Lipinski definition) is 3. The summed E-state index contributed by atoms with van der Waals surface area (Å²) < 4.78 is 27.8. The maximum Gasteiger partial charge on any atom is 0.244 e. The normalized spacial score (nSPS) is 16.1. The molecule has 7 heteroatoms. The highest BCUT2D eigenvalue weighted by Gasteiger charge is 2.33. The molecule has 3 aromatic carbocycles. The van der Waals surface area contributed by atoms with Crippen LogP contribution >= 0.6 is 23.2 Å². The van der Waals surface area contributed by atoms with Crippen molar-refractivity contribution in [2.45, 2.75) is 10.9 Å². The molecule has 0 bridgehead atoms. The van der Waals surface area contributed by atoms with Gasteiger partial charge in [0, 0.05) is 31.2 Å². The zero-order valence-electron chi connectivity index (χ0n) is 16.3. The molecule has 0 saturated carbocycles. The van der Waals surface area contributed by atoms with Gasteiger partial charge in [-0.25, -0.2) is 8.42 Å². The molecule has 1 fully saturated rings. The molecule has 4 rings (SSSR count). The first-order valence-corrected chi connectivity index (χ1v) is 12.0. The average molecular weight is 461 g/mol. The molecule has 156 valence electrons. The third kappa shape index (κ3) is 4.41. The van der Waals surface area contributed by atoms with Gasteiger partial charge in [-0.05, 0) is 29.3 Å². The van der Waals surface area contributed by atoms with Crippen LogP contribution in [-0.4, -0.2) is 43.8 Å². The lowest BCUT2D eigenvalue weighted by atomic mass is 9.96. The zero-order valence-corrected chi connectivity index (χ0v) is 18.6. The van der Waals surface area contributed by atoms with Crippen LogP contribution in [0.2, 0.25) is 10.0 Å². The lowest BCUT2D eigenvalue weighted by Crippen LogP contribution is -2.49. The van der Waals surface area contributed by atoms with Crippen LogP contribution in [0.5, 0.6) is 0 Å². The van der Waals surface area contributed by atoms with Crippen molar-refractivity contribution in [2.75, 3.05) is 26.2 Å². The Hall–Kier alpha value is -1.89. The lowest BCUT2D eigenvalue weighted by Gasteiger charge is -2.39. The summed E-state index contributed by atoms with van der Waals surface area (Å²) in [4.78, 5) is 2.39. The van der Waals surface area contributed by atoms with Crippen molar-refractivity contribution in [2.24, 2.45) is 0 Å². The van der Waals surface area contributed by atoms with Crippen LogP contribution in [0.15, 0.2) is 83.8 Å². The fraction of sp³-hybridized carbons (Fsp3) is 0.217. The van der Waals surface area contributed by atoms with E-state index in [2.05, 4.69) is 29.2 Å². The molecule has 1 heterocycles. The summed E-state index contributed by atoms with van der Waals surface area (Å²) in [5, 5.41) is 0.540. The molecule has 1 aliphatic heterocycles. The smallest absolute Gasteiger partial charge is 0.244 e. The maximum absolute atomic E-state index is 13.1. The first-order chi connectivity index (χ1) is 14.5. The molecule has 0 aliphatic carbocycles. The number of nitrogens with zero attached hydrogens (tertiary/aromatic N) is 2. The molecule has 0 atom stereocenters. The van der Waals surface area contributed by atoms with Crippen LogP contribution in [0.4, 0.5) is 0 Å². The van der Waals surface area contributed by atoms with E-state index < -0.39 is 10.0 Å². The van der Waals surface area contributed by atoms with E-state index >= 15 is 0 Å². The van der Waals surface area contributed by atoms with Crippen molar-refractivity contribution in [3.63, 3.8) is 0 Å². The number of piperazine rings is 1. The Kier molecular flexibility index (Phi) is 6.46. The number of rotatable bonds is 5. The zero-order chi connectivity index (χ0) is 21.1. The van der Waals surface area contributed by atoms with Crippen molar-refractivity contribution in [1.29, 1.82) is 0 Å². The van der Waals surface area contributed by atoms with E-state index in [-0.39, 0.29) is 16.0 Å². The number of hydrogen-bond donors (Lipinski definition) is 0. The van der Waals surface area contributed by atoms with Crippen molar-refractivity contribution in [3.8, 4) is 0 Å². The van der Waals surface area contributed by atoms with Crippen LogP contribution < -0.4 is 0 Å². The summed E-state index contributed by atoms with van der Waals surface area (Å²) in [6.07, 6.45) is 0. The Balaban J connectivity index is 1.57. The largest absolute Gasteiger partial charge is 0.290 e. The highest BCUT2D eigenvalue weighted by Crippen LogP contribution is 2.32. The van der Waals surface area contributed by atoms with Gasteiger partial charge in [-0.1, -0.05) is 83.9 Å². The summed E-state index contributed by atoms with van der Waals surface area (Å²) in [5.41, 5.74) is 2.38. The molecule has 0 aromatic heterocycles. The third-order valence-electron chi connectivity index (χ3n) is 5.38. The second kappa shape index (κ2) is 9.08. The number of benzene rings is 3. The monoisotopic (exact) mass is 460 g/mol. The molecule has 30 heavy (non-hydrogen) atoms. The van der Waals surface area contributed by atoms with Crippen LogP contribution in [0.25, 0.3) is 0 Å². The van der Waals surface area contributed by atoms with E-state index in [4.69, 9.17) is 23.2 Å². The van der Waals surface area contributed by atoms with Gasteiger partial charge in [0.1, 0.15) is 4.90 Å². The first kappa shape index (κ1) is 21.3. The molecule has 0 unspecified atom stereocenters. The van der Waals surface area contributed by atoms with E-state index in [0.717, 1.165) is 0 Å². The van der Waals surface area contributed by atoms with Gasteiger partial charge < -0.3 is 0 Å². The predicted molar refractivity (Wildman–Crippen MR) is 122 cm³/mol. The second-order valence-electron chi connectivity index (χ2n) is 7.24. The summed E-state index contributed by atoms with van der Waals surface area (Å²) in [5.74, 6) is 0. The van der Waals surface area contributed by atoms with Crippen molar-refractivity contribution in [3.05, 3.63) is 100 Å². The van der Waals surface area contributed by atoms with Gasteiger partial charge in [-0.3, -0.25) is 4.90 Å². The van der Waals surface area contributed by atoms with Crippen molar-refractivity contribution < 1.29 is 8.42 Å². The van der Waals surface area contributed by atoms with E-state index in [9.17, 15) is 8.42 Å². The highest BCUT2D eigenvalue weighted by atomic mass is 35.5. The maximum atomic E-state index is 13.1. The topological polar surface area (TPSA) is 40.6 Å². The minimum Gasteiger partial charge on any atom is -0.290 e. The third-order valence-corrected chi connectivity index (χ3v) is 8.00. The molecular weight excluding hydrogens is 439 g/mol. The summed E-state index contributed by atoms with van der Waals surface area (Å²) in [6.45, 7) is 2.01. The Labute approximate surface area is 187 Å². The van der Waals surface area contributed by atoms with Gasteiger partial charge in [-0.15, -0.1) is 0 Å². The van der Waals surface area contributed by atoms with E-state index in [1.165, 1.54) is 27.6 Å². The highest BCUT2D eigenvalue weighted by molar-refractivity contribution is 7.89. The van der Waals surface area contributed by atoms with Gasteiger partial charge >= 0.3 is 0 Å². The Bertz CT molecular complexity index is 1060. The molecule has 0 radical (unpaired) electrons. The van der Waals surface area contributed by atoms with E-state index in [0.29, 0.717) is 31.2 Å². The Morgan fingerprint density at radius 1 is 0.733 bits per heavy atom. The van der Waals surface area contributed by atoms with E-state index in [1.807, 2.05) is 36.4 Å². The predicted octanol–water partition coefficient (Wildman–Crippen LogP) is 5.09. The summed E-state index contributed by atoms with van der Waals surface area (Å²) in [7, 11) is -3.70. The lowest BCUT2D eigenvalue weighted by molar-refractivity contribution is 0.156. The van der Waals surface area contributed by atoms with Gasteiger partial charge in [0.2, 0.25) is 10.0 Å². The van der Waals surface area contributed by atoms with Crippen molar-refractivity contribution >= 4 is 33.2 Å². The molecule has 4 nitrogen and oxygen atoms in total. The first-order valence-electron chi connectivity index (χ1n) is 9.76. The molecule has 0 spiro atoms. The van der Waals surface area contributed by atoms with Crippen molar-refractivity contribution in [1.82, 2.24) is 9.21 Å². The Morgan fingerprint density at radius 3 is 1.80 bits per heavy atom. The minimum absolute atomic E-state index is 0.0628. The average Bonchev–Trinajstić information content (AvgIpc) is 2.77. The second-order valence-corrected chi connectivity index (χ2v) is 9.99. The molecule has 0 N–H and O–H groups in total. The Morgan fingerprint density at radius 2 is 1.27 bits per heavy atom. The molecule has 3 aromatic rings. The molecule has 1 aliphatic rings. The molecular formula is C23H22Cl2N2O2S. The fourth-order valence-electron chi connectivity index (χ4n) is 3.90. The summed E-state index contributed by atoms with van der Waals surface area (Å²) in [6, 6.07) is 25.2. The minimum atomic E-state index is -3.70. The SMILES string of the molecule is O=S(=O)(c1cc(Cl)ccc1Cl)N1CCN(C(c2ccccc2)c2ccccc2)CC1. The van der Waals surface area contributed by atoms with Crippen LogP contribution in [0, 0.1) is 0 Å². The fourth-order valence-corrected chi connectivity index (χ4v) is 6.06. The van der Waals surface area contributed by atoms with Gasteiger partial charge in [0.15, 0.2) is 0 Å². The molecule has 0 amide bonds. The number of sulfonamides is 1. The summed E-state index contributed by atoms with van der Waals surface area (Å²) >= 11 is 12.2. The van der Waals surface area contributed by atoms with Gasteiger partial charge in [-0.2, -0.15) is 4.31 Å². The van der Waals surface area contributed by atoms with E-state index in [1.54, 1.807) is 6.07 Å². The standard InChI is InChI=1S/C23H22Cl2N2O2S/c24-20-11-12-21(25)22(17-20)30(28,29)27-15-13-26(14-16-27)23(18-7-3-1-4-8-18)19-9-5-2-6-10-19/h1-12,17,23H,13-16H2. The van der Waals surface area contributed by atoms with Gasteiger partial charge in [0.05, 0.1) is 11.1 Å². The van der Waals surface area contributed by atoms with Crippen LogP contribution in [-0.2, 0) is 10.0 Å². The quantitative estimate of drug-likeness (QED) is 0.532. The van der Waals surface area contributed by atoms with Crippen LogP contribution in [0.1, 0.15) is 17.2 Å². The van der Waals surface area contributed by atoms with Gasteiger partial charge in [0.25, 0.3) is 0 Å². The molecule has 1 saturated heterocycles. The van der Waals surface area contributed by atoms with Crippen LogP contribution in [0.3, 0.4) is 0 Å². The number of halogens is 2.